The van der Waals surface area contributed by atoms with Gasteiger partial charge in [-0.1, -0.05) is 12.1 Å². The Morgan fingerprint density at radius 1 is 0.949 bits per heavy atom. The van der Waals surface area contributed by atoms with Gasteiger partial charge in [-0.25, -0.2) is 4.79 Å². The topological polar surface area (TPSA) is 84.0 Å². The summed E-state index contributed by atoms with van der Waals surface area (Å²) in [5.41, 5.74) is 4.08. The van der Waals surface area contributed by atoms with Crippen molar-refractivity contribution >= 4 is 23.4 Å². The molecule has 1 aliphatic carbocycles. The van der Waals surface area contributed by atoms with Crippen molar-refractivity contribution in [3.63, 3.8) is 0 Å². The molecule has 8 heteroatoms. The fraction of sp³-hybridized carbons (Fsp3) is 0.387. The van der Waals surface area contributed by atoms with E-state index in [1.54, 1.807) is 16.0 Å². The summed E-state index contributed by atoms with van der Waals surface area (Å²) in [5, 5.41) is 3.53. The van der Waals surface area contributed by atoms with Crippen LogP contribution >= 0.6 is 0 Å². The number of benzene rings is 2. The smallest absolute Gasteiger partial charge is 0.410 e. The van der Waals surface area contributed by atoms with Crippen LogP contribution in [0, 0.1) is 0 Å². The molecule has 1 saturated carbocycles. The molecule has 2 aliphatic rings. The maximum absolute atomic E-state index is 13.3. The van der Waals surface area contributed by atoms with Gasteiger partial charge in [-0.2, -0.15) is 0 Å². The SMILES string of the molecule is CC(C)(C)OC(=O)N1CCN(C(=O)c2cccc(Nc3ccc(OCc4ccccn4)cc3C3CC3)c2)CC1. The highest BCUT2D eigenvalue weighted by Crippen LogP contribution is 2.45. The molecule has 0 radical (unpaired) electrons. The van der Waals surface area contributed by atoms with Gasteiger partial charge in [0.2, 0.25) is 0 Å². The van der Waals surface area contributed by atoms with Gasteiger partial charge in [0.15, 0.2) is 0 Å². The lowest BCUT2D eigenvalue weighted by Gasteiger charge is -2.35. The lowest BCUT2D eigenvalue weighted by Crippen LogP contribution is -2.51. The molecule has 0 bridgehead atoms. The van der Waals surface area contributed by atoms with E-state index in [2.05, 4.69) is 16.4 Å². The Balaban J connectivity index is 1.22. The predicted molar refractivity (Wildman–Crippen MR) is 150 cm³/mol. The molecule has 8 nitrogen and oxygen atoms in total. The molecule has 3 aromatic rings. The largest absolute Gasteiger partial charge is 0.487 e. The van der Waals surface area contributed by atoms with E-state index in [0.717, 1.165) is 35.7 Å². The second-order valence-corrected chi connectivity index (χ2v) is 11.1. The van der Waals surface area contributed by atoms with Crippen molar-refractivity contribution in [1.82, 2.24) is 14.8 Å². The minimum atomic E-state index is -0.538. The molecule has 0 spiro atoms. The third-order valence-electron chi connectivity index (χ3n) is 6.76. The number of pyridine rings is 1. The van der Waals surface area contributed by atoms with Crippen LogP contribution in [0.25, 0.3) is 0 Å². The average molecular weight is 529 g/mol. The number of rotatable bonds is 7. The zero-order chi connectivity index (χ0) is 27.4. The maximum atomic E-state index is 13.3. The van der Waals surface area contributed by atoms with Crippen LogP contribution in [0.4, 0.5) is 16.2 Å². The lowest BCUT2D eigenvalue weighted by molar-refractivity contribution is 0.0141. The summed E-state index contributed by atoms with van der Waals surface area (Å²) in [6, 6.07) is 19.5. The number of hydrogen-bond donors (Lipinski definition) is 1. The first-order chi connectivity index (χ1) is 18.7. The Bertz CT molecular complexity index is 1310. The van der Waals surface area contributed by atoms with Gasteiger partial charge in [-0.3, -0.25) is 9.78 Å². The minimum absolute atomic E-state index is 0.0387. The van der Waals surface area contributed by atoms with Gasteiger partial charge in [-0.05, 0) is 93.6 Å². The Morgan fingerprint density at radius 2 is 1.72 bits per heavy atom. The second kappa shape index (κ2) is 11.4. The van der Waals surface area contributed by atoms with E-state index in [9.17, 15) is 9.59 Å². The molecule has 2 amide bonds. The average Bonchev–Trinajstić information content (AvgIpc) is 3.78. The summed E-state index contributed by atoms with van der Waals surface area (Å²) in [5.74, 6) is 1.29. The van der Waals surface area contributed by atoms with Crippen LogP contribution in [0.2, 0.25) is 0 Å². The zero-order valence-corrected chi connectivity index (χ0v) is 22.9. The van der Waals surface area contributed by atoms with Gasteiger partial charge in [0.1, 0.15) is 18.0 Å². The van der Waals surface area contributed by atoms with E-state index in [4.69, 9.17) is 9.47 Å². The van der Waals surface area contributed by atoms with Gasteiger partial charge in [0.25, 0.3) is 5.91 Å². The number of aromatic nitrogens is 1. The summed E-state index contributed by atoms with van der Waals surface area (Å²) in [7, 11) is 0. The molecule has 39 heavy (non-hydrogen) atoms. The number of piperazine rings is 1. The van der Waals surface area contributed by atoms with Crippen molar-refractivity contribution in [3.05, 3.63) is 83.7 Å². The molecule has 5 rings (SSSR count). The summed E-state index contributed by atoms with van der Waals surface area (Å²) >= 11 is 0. The molecule has 0 unspecified atom stereocenters. The first-order valence-electron chi connectivity index (χ1n) is 13.6. The minimum Gasteiger partial charge on any atom is -0.487 e. The van der Waals surface area contributed by atoms with Crippen LogP contribution in [0.5, 0.6) is 5.75 Å². The molecule has 1 aliphatic heterocycles. The standard InChI is InChI=1S/C31H36N4O4/c1-31(2,3)39-30(37)35-17-15-34(16-18-35)29(36)23-7-6-9-24(19-23)33-28-13-12-26(20-27(28)22-10-11-22)38-21-25-8-4-5-14-32-25/h4-9,12-14,19-20,22,33H,10-11,15-18,21H2,1-3H3. The molecular weight excluding hydrogens is 492 g/mol. The number of nitrogens with zero attached hydrogens (tertiary/aromatic N) is 3. The number of anilines is 2. The van der Waals surface area contributed by atoms with Gasteiger partial charge in [0, 0.05) is 49.3 Å². The van der Waals surface area contributed by atoms with Crippen LogP contribution in [-0.2, 0) is 11.3 Å². The molecular formula is C31H36N4O4. The van der Waals surface area contributed by atoms with E-state index >= 15 is 0 Å². The number of hydrogen-bond acceptors (Lipinski definition) is 6. The Hall–Kier alpha value is -4.07. The monoisotopic (exact) mass is 528 g/mol. The van der Waals surface area contributed by atoms with Gasteiger partial charge < -0.3 is 24.6 Å². The predicted octanol–water partition coefficient (Wildman–Crippen LogP) is 5.97. The van der Waals surface area contributed by atoms with E-state index in [0.29, 0.717) is 44.3 Å². The van der Waals surface area contributed by atoms with Crippen molar-refractivity contribution in [2.24, 2.45) is 0 Å². The van der Waals surface area contributed by atoms with Gasteiger partial charge in [-0.15, -0.1) is 0 Å². The summed E-state index contributed by atoms with van der Waals surface area (Å²) in [6.45, 7) is 7.84. The van der Waals surface area contributed by atoms with E-state index < -0.39 is 5.60 Å². The second-order valence-electron chi connectivity index (χ2n) is 11.1. The van der Waals surface area contributed by atoms with Gasteiger partial charge in [0.05, 0.1) is 5.69 Å². The molecule has 1 saturated heterocycles. The number of amides is 2. The van der Waals surface area contributed by atoms with E-state index in [1.807, 2.05) is 75.4 Å². The highest BCUT2D eigenvalue weighted by atomic mass is 16.6. The van der Waals surface area contributed by atoms with Crippen LogP contribution in [-0.4, -0.2) is 58.6 Å². The number of nitrogens with one attached hydrogen (secondary N) is 1. The molecule has 204 valence electrons. The molecule has 1 N–H and O–H groups in total. The molecule has 2 heterocycles. The maximum Gasteiger partial charge on any atom is 0.410 e. The lowest BCUT2D eigenvalue weighted by atomic mass is 10.1. The summed E-state index contributed by atoms with van der Waals surface area (Å²) in [4.78, 5) is 33.4. The first-order valence-corrected chi connectivity index (χ1v) is 13.6. The number of carbonyl (C=O) groups excluding carboxylic acids is 2. The van der Waals surface area contributed by atoms with Crippen molar-refractivity contribution in [3.8, 4) is 5.75 Å². The Morgan fingerprint density at radius 3 is 2.41 bits per heavy atom. The van der Waals surface area contributed by atoms with Crippen molar-refractivity contribution < 1.29 is 19.1 Å². The number of ether oxygens (including phenoxy) is 2. The fourth-order valence-electron chi connectivity index (χ4n) is 4.60. The summed E-state index contributed by atoms with van der Waals surface area (Å²) < 4.78 is 11.5. The molecule has 2 fully saturated rings. The third-order valence-corrected chi connectivity index (χ3v) is 6.76. The van der Waals surface area contributed by atoms with Crippen molar-refractivity contribution in [1.29, 1.82) is 0 Å². The molecule has 0 atom stereocenters. The molecule has 1 aromatic heterocycles. The van der Waals surface area contributed by atoms with E-state index in [1.165, 1.54) is 5.56 Å². The Kier molecular flexibility index (Phi) is 7.72. The van der Waals surface area contributed by atoms with Crippen LogP contribution in [0.15, 0.2) is 66.9 Å². The van der Waals surface area contributed by atoms with Crippen LogP contribution in [0.1, 0.15) is 61.1 Å². The summed E-state index contributed by atoms with van der Waals surface area (Å²) in [6.07, 6.45) is 3.75. The first kappa shape index (κ1) is 26.5. The quantitative estimate of drug-likeness (QED) is 0.407. The fourth-order valence-corrected chi connectivity index (χ4v) is 4.60. The highest BCUT2D eigenvalue weighted by molar-refractivity contribution is 5.95. The number of carbonyl (C=O) groups is 2. The normalized spacial score (nSPS) is 15.6. The third kappa shape index (κ3) is 7.07. The zero-order valence-electron chi connectivity index (χ0n) is 22.9. The van der Waals surface area contributed by atoms with Crippen LogP contribution < -0.4 is 10.1 Å². The molecule has 2 aromatic carbocycles. The van der Waals surface area contributed by atoms with Crippen molar-refractivity contribution in [2.45, 2.75) is 51.7 Å². The highest BCUT2D eigenvalue weighted by Gasteiger charge is 2.29. The van der Waals surface area contributed by atoms with Crippen LogP contribution in [0.3, 0.4) is 0 Å². The van der Waals surface area contributed by atoms with Crippen molar-refractivity contribution in [2.75, 3.05) is 31.5 Å². The van der Waals surface area contributed by atoms with E-state index in [-0.39, 0.29) is 12.0 Å². The van der Waals surface area contributed by atoms with Gasteiger partial charge >= 0.3 is 6.09 Å². The Labute approximate surface area is 229 Å².